The van der Waals surface area contributed by atoms with Crippen LogP contribution in [0.15, 0.2) is 18.2 Å². The van der Waals surface area contributed by atoms with Crippen LogP contribution in [0.4, 0.5) is 5.69 Å². The minimum Gasteiger partial charge on any atom is -0.397 e. The van der Waals surface area contributed by atoms with Crippen molar-refractivity contribution in [2.24, 2.45) is 0 Å². The van der Waals surface area contributed by atoms with Gasteiger partial charge in [-0.3, -0.25) is 0 Å². The van der Waals surface area contributed by atoms with Crippen LogP contribution in [-0.4, -0.2) is 0 Å². The predicted octanol–water partition coefficient (Wildman–Crippen LogP) is 3.94. The molecule has 2 N–H and O–H groups in total. The average Bonchev–Trinajstić information content (AvgIpc) is 2.55. The van der Waals surface area contributed by atoms with Gasteiger partial charge in [0.2, 0.25) is 0 Å². The Labute approximate surface area is 96.1 Å². The van der Waals surface area contributed by atoms with Crippen molar-refractivity contribution in [2.45, 2.75) is 18.7 Å². The summed E-state index contributed by atoms with van der Waals surface area (Å²) >= 11 is 5.23. The molecule has 1 aromatic carbocycles. The third-order valence-corrected chi connectivity index (χ3v) is 4.50. The Bertz CT molecular complexity index is 462. The third kappa shape index (κ3) is 1.55. The van der Waals surface area contributed by atoms with Crippen LogP contribution in [0, 0.1) is 0 Å². The van der Waals surface area contributed by atoms with Crippen LogP contribution < -0.4 is 5.73 Å². The molecule has 14 heavy (non-hydrogen) atoms. The monoisotopic (exact) mass is 269 g/mol. The van der Waals surface area contributed by atoms with E-state index in [2.05, 4.69) is 41.1 Å². The van der Waals surface area contributed by atoms with Gasteiger partial charge in [0.25, 0.3) is 0 Å². The van der Waals surface area contributed by atoms with E-state index in [1.807, 2.05) is 0 Å². The van der Waals surface area contributed by atoms with Gasteiger partial charge in [-0.2, -0.15) is 0 Å². The topological polar surface area (TPSA) is 26.0 Å². The number of alkyl halides is 1. The van der Waals surface area contributed by atoms with Gasteiger partial charge in [0, 0.05) is 20.3 Å². The minimum atomic E-state index is 0.847. The Morgan fingerprint density at radius 3 is 2.86 bits per heavy atom. The molecule has 0 aliphatic heterocycles. The lowest BCUT2D eigenvalue weighted by Crippen LogP contribution is -1.85. The molecule has 0 unspecified atom stereocenters. The van der Waals surface area contributed by atoms with Crippen molar-refractivity contribution in [3.8, 4) is 0 Å². The zero-order valence-electron chi connectivity index (χ0n) is 8.01. The maximum Gasteiger partial charge on any atom is 0.0544 e. The second kappa shape index (κ2) is 3.91. The van der Waals surface area contributed by atoms with Gasteiger partial charge in [0.05, 0.1) is 5.69 Å². The van der Waals surface area contributed by atoms with Crippen LogP contribution in [0.3, 0.4) is 0 Å². The molecule has 1 aromatic heterocycles. The number of hydrogen-bond acceptors (Lipinski definition) is 2. The Morgan fingerprint density at radius 2 is 2.21 bits per heavy atom. The van der Waals surface area contributed by atoms with Crippen LogP contribution in [0.25, 0.3) is 10.1 Å². The van der Waals surface area contributed by atoms with Crippen molar-refractivity contribution in [1.82, 2.24) is 0 Å². The van der Waals surface area contributed by atoms with Gasteiger partial charge in [0.1, 0.15) is 0 Å². The number of anilines is 1. The zero-order chi connectivity index (χ0) is 10.1. The summed E-state index contributed by atoms with van der Waals surface area (Å²) in [5, 5.41) is 2.04. The zero-order valence-corrected chi connectivity index (χ0v) is 10.4. The van der Waals surface area contributed by atoms with Crippen molar-refractivity contribution in [3.05, 3.63) is 28.6 Å². The summed E-state index contributed by atoms with van der Waals surface area (Å²) in [6.45, 7) is 2.17. The fourth-order valence-corrected chi connectivity index (χ4v) is 3.21. The normalized spacial score (nSPS) is 11.0. The summed E-state index contributed by atoms with van der Waals surface area (Å²) in [5.74, 6) is 0. The summed E-state index contributed by atoms with van der Waals surface area (Å²) in [4.78, 5) is 1.23. The molecule has 0 aliphatic carbocycles. The second-order valence-corrected chi connectivity index (χ2v) is 4.95. The SMILES string of the molecule is CCc1ccc2c(N)c(CBr)sc2c1. The largest absolute Gasteiger partial charge is 0.397 e. The van der Waals surface area contributed by atoms with E-state index in [-0.39, 0.29) is 0 Å². The molecular weight excluding hydrogens is 258 g/mol. The summed E-state index contributed by atoms with van der Waals surface area (Å²) in [7, 11) is 0. The summed E-state index contributed by atoms with van der Waals surface area (Å²) in [6, 6.07) is 6.53. The molecule has 0 saturated carbocycles. The number of benzene rings is 1. The Morgan fingerprint density at radius 1 is 1.43 bits per heavy atom. The van der Waals surface area contributed by atoms with Gasteiger partial charge < -0.3 is 5.73 Å². The molecule has 0 saturated heterocycles. The maximum absolute atomic E-state index is 6.02. The minimum absolute atomic E-state index is 0.847. The molecule has 0 aliphatic rings. The highest BCUT2D eigenvalue weighted by atomic mass is 79.9. The molecule has 2 rings (SSSR count). The smallest absolute Gasteiger partial charge is 0.0544 e. The van der Waals surface area contributed by atoms with E-state index in [9.17, 15) is 0 Å². The van der Waals surface area contributed by atoms with E-state index in [0.29, 0.717) is 0 Å². The van der Waals surface area contributed by atoms with Crippen molar-refractivity contribution in [1.29, 1.82) is 0 Å². The van der Waals surface area contributed by atoms with Crippen molar-refractivity contribution < 1.29 is 0 Å². The molecule has 0 atom stereocenters. The maximum atomic E-state index is 6.02. The molecule has 0 amide bonds. The van der Waals surface area contributed by atoms with Crippen LogP contribution in [-0.2, 0) is 11.8 Å². The number of fused-ring (bicyclic) bond motifs is 1. The lowest BCUT2D eigenvalue weighted by atomic mass is 10.1. The van der Waals surface area contributed by atoms with E-state index in [1.54, 1.807) is 11.3 Å². The summed E-state index contributed by atoms with van der Waals surface area (Å²) < 4.78 is 1.30. The van der Waals surface area contributed by atoms with Crippen LogP contribution >= 0.6 is 27.3 Å². The van der Waals surface area contributed by atoms with Gasteiger partial charge in [-0.1, -0.05) is 35.0 Å². The Kier molecular flexibility index (Phi) is 2.79. The van der Waals surface area contributed by atoms with E-state index in [0.717, 1.165) is 17.4 Å². The number of thiophene rings is 1. The fraction of sp³-hybridized carbons (Fsp3) is 0.273. The lowest BCUT2D eigenvalue weighted by molar-refractivity contribution is 1.15. The first-order valence-electron chi connectivity index (χ1n) is 4.62. The summed E-state index contributed by atoms with van der Waals surface area (Å²) in [5.41, 5.74) is 8.33. The molecule has 1 heterocycles. The average molecular weight is 270 g/mol. The molecule has 0 bridgehead atoms. The van der Waals surface area contributed by atoms with Gasteiger partial charge in [-0.15, -0.1) is 11.3 Å². The molecular formula is C11H12BrNS. The first-order chi connectivity index (χ1) is 6.76. The molecule has 0 spiro atoms. The van der Waals surface area contributed by atoms with E-state index in [1.165, 1.54) is 20.5 Å². The molecule has 2 aromatic rings. The first kappa shape index (κ1) is 9.99. The van der Waals surface area contributed by atoms with Gasteiger partial charge in [-0.25, -0.2) is 0 Å². The Balaban J connectivity index is 2.66. The predicted molar refractivity (Wildman–Crippen MR) is 68.2 cm³/mol. The highest BCUT2D eigenvalue weighted by molar-refractivity contribution is 9.08. The Hall–Kier alpha value is -0.540. The molecule has 0 radical (unpaired) electrons. The van der Waals surface area contributed by atoms with Crippen molar-refractivity contribution in [2.75, 3.05) is 5.73 Å². The molecule has 0 fully saturated rings. The van der Waals surface area contributed by atoms with Crippen molar-refractivity contribution in [3.63, 3.8) is 0 Å². The number of nitrogen functional groups attached to an aromatic ring is 1. The first-order valence-corrected chi connectivity index (χ1v) is 6.55. The van der Waals surface area contributed by atoms with Crippen LogP contribution in [0.5, 0.6) is 0 Å². The van der Waals surface area contributed by atoms with E-state index < -0.39 is 0 Å². The highest BCUT2D eigenvalue weighted by Crippen LogP contribution is 2.35. The standard InChI is InChI=1S/C11H12BrNS/c1-2-7-3-4-8-9(5-7)14-10(6-12)11(8)13/h3-5H,2,6,13H2,1H3. The summed E-state index contributed by atoms with van der Waals surface area (Å²) in [6.07, 6.45) is 1.08. The van der Waals surface area contributed by atoms with Gasteiger partial charge in [-0.05, 0) is 18.1 Å². The lowest BCUT2D eigenvalue weighted by Gasteiger charge is -1.96. The third-order valence-electron chi connectivity index (χ3n) is 2.40. The van der Waals surface area contributed by atoms with E-state index in [4.69, 9.17) is 5.73 Å². The molecule has 1 nitrogen and oxygen atoms in total. The van der Waals surface area contributed by atoms with Crippen LogP contribution in [0.2, 0.25) is 0 Å². The number of rotatable bonds is 2. The quantitative estimate of drug-likeness (QED) is 0.822. The molecule has 3 heteroatoms. The van der Waals surface area contributed by atoms with Gasteiger partial charge >= 0.3 is 0 Å². The number of aryl methyl sites for hydroxylation is 1. The van der Waals surface area contributed by atoms with Crippen molar-refractivity contribution >= 4 is 43.0 Å². The van der Waals surface area contributed by atoms with Gasteiger partial charge in [0.15, 0.2) is 0 Å². The van der Waals surface area contributed by atoms with E-state index >= 15 is 0 Å². The second-order valence-electron chi connectivity index (χ2n) is 3.26. The van der Waals surface area contributed by atoms with Crippen LogP contribution in [0.1, 0.15) is 17.4 Å². The fourth-order valence-electron chi connectivity index (χ4n) is 1.53. The number of halogens is 1. The number of nitrogens with two attached hydrogens (primary N) is 1. The highest BCUT2D eigenvalue weighted by Gasteiger charge is 2.07. The number of hydrogen-bond donors (Lipinski definition) is 1. The molecule has 74 valence electrons.